The Labute approximate surface area is 128 Å². The van der Waals surface area contributed by atoms with E-state index >= 15 is 0 Å². The molecule has 0 spiro atoms. The third-order valence-electron chi connectivity index (χ3n) is 3.23. The molecule has 3 N–H and O–H groups in total. The van der Waals surface area contributed by atoms with E-state index in [1.807, 2.05) is 6.07 Å². The van der Waals surface area contributed by atoms with Crippen LogP contribution in [-0.4, -0.2) is 12.6 Å². The molecule has 0 fully saturated rings. The number of thiophene rings is 1. The van der Waals surface area contributed by atoms with Crippen LogP contribution in [0, 0.1) is 13.8 Å². The van der Waals surface area contributed by atoms with Gasteiger partial charge < -0.3 is 15.8 Å². The lowest BCUT2D eigenvalue weighted by atomic mass is 10.1. The lowest BCUT2D eigenvalue weighted by Gasteiger charge is -2.10. The minimum Gasteiger partial charge on any atom is -0.462 e. The van der Waals surface area contributed by atoms with Gasteiger partial charge in [-0.1, -0.05) is 0 Å². The zero-order valence-electron chi connectivity index (χ0n) is 12.5. The molecule has 1 aromatic carbocycles. The van der Waals surface area contributed by atoms with Crippen LogP contribution in [0.5, 0.6) is 0 Å². The summed E-state index contributed by atoms with van der Waals surface area (Å²) in [5.74, 6) is -0.347. The average Bonchev–Trinajstić information content (AvgIpc) is 2.76. The maximum atomic E-state index is 11.6. The molecule has 1 heterocycles. The minimum atomic E-state index is -0.347. The molecule has 0 bridgehead atoms. The van der Waals surface area contributed by atoms with Crippen molar-refractivity contribution in [3.8, 4) is 0 Å². The second-order valence-corrected chi connectivity index (χ2v) is 6.17. The summed E-state index contributed by atoms with van der Waals surface area (Å²) in [6, 6.07) is 7.36. The van der Waals surface area contributed by atoms with Crippen molar-refractivity contribution in [1.82, 2.24) is 0 Å². The largest absolute Gasteiger partial charge is 0.462 e. The van der Waals surface area contributed by atoms with Gasteiger partial charge in [0.15, 0.2) is 0 Å². The molecule has 0 aliphatic carbocycles. The first-order valence-corrected chi connectivity index (χ1v) is 7.69. The van der Waals surface area contributed by atoms with Gasteiger partial charge >= 0.3 is 5.97 Å². The Balaban J connectivity index is 2.05. The van der Waals surface area contributed by atoms with E-state index in [9.17, 15) is 4.79 Å². The number of carbonyl (C=O) groups is 1. The first kappa shape index (κ1) is 15.4. The van der Waals surface area contributed by atoms with Crippen LogP contribution in [0.1, 0.15) is 32.6 Å². The van der Waals surface area contributed by atoms with Crippen molar-refractivity contribution >= 4 is 28.7 Å². The molecular formula is C16H20N2O2S. The molecule has 0 aliphatic heterocycles. The van der Waals surface area contributed by atoms with Crippen molar-refractivity contribution < 1.29 is 9.53 Å². The van der Waals surface area contributed by atoms with Crippen LogP contribution >= 0.6 is 11.3 Å². The topological polar surface area (TPSA) is 64.3 Å². The van der Waals surface area contributed by atoms with Gasteiger partial charge in [0, 0.05) is 16.3 Å². The normalized spacial score (nSPS) is 10.4. The van der Waals surface area contributed by atoms with Gasteiger partial charge in [-0.2, -0.15) is 0 Å². The van der Waals surface area contributed by atoms with Gasteiger partial charge in [0.1, 0.15) is 0 Å². The molecule has 4 nitrogen and oxygen atoms in total. The number of hydrogen-bond donors (Lipinski definition) is 2. The van der Waals surface area contributed by atoms with Crippen molar-refractivity contribution in [2.75, 3.05) is 17.7 Å². The number of rotatable bonds is 5. The van der Waals surface area contributed by atoms with E-state index in [2.05, 4.69) is 25.2 Å². The molecule has 2 aromatic rings. The highest BCUT2D eigenvalue weighted by Crippen LogP contribution is 2.24. The molecule has 0 saturated carbocycles. The summed E-state index contributed by atoms with van der Waals surface area (Å²) < 4.78 is 4.95. The second kappa shape index (κ2) is 6.63. The summed E-state index contributed by atoms with van der Waals surface area (Å²) in [6.07, 6.45) is 0. The lowest BCUT2D eigenvalue weighted by molar-refractivity contribution is 0.0526. The number of nitrogens with one attached hydrogen (secondary N) is 1. The summed E-state index contributed by atoms with van der Waals surface area (Å²) in [4.78, 5) is 14.2. The Morgan fingerprint density at radius 1 is 1.33 bits per heavy atom. The number of ether oxygens (including phenoxy) is 1. The van der Waals surface area contributed by atoms with Crippen LogP contribution < -0.4 is 11.1 Å². The van der Waals surface area contributed by atoms with Gasteiger partial charge in [0.25, 0.3) is 0 Å². The molecule has 2 rings (SSSR count). The van der Waals surface area contributed by atoms with Gasteiger partial charge in [0.2, 0.25) is 0 Å². The van der Waals surface area contributed by atoms with Gasteiger partial charge in [-0.05, 0) is 50.6 Å². The standard InChI is InChI=1S/C16H20N2O2S/c1-4-20-16(19)12-5-6-15(14(17)8-12)18-9-13-7-10(2)11(3)21-13/h5-8,18H,4,9,17H2,1-3H3. The number of esters is 1. The van der Waals surface area contributed by atoms with Crippen LogP contribution in [0.25, 0.3) is 0 Å². The lowest BCUT2D eigenvalue weighted by Crippen LogP contribution is -2.07. The average molecular weight is 304 g/mol. The maximum absolute atomic E-state index is 11.6. The van der Waals surface area contributed by atoms with Crippen LogP contribution in [0.3, 0.4) is 0 Å². The number of benzene rings is 1. The third kappa shape index (κ3) is 3.76. The summed E-state index contributed by atoms with van der Waals surface area (Å²) in [7, 11) is 0. The van der Waals surface area contributed by atoms with E-state index in [4.69, 9.17) is 10.5 Å². The number of nitrogen functional groups attached to an aromatic ring is 1. The fourth-order valence-corrected chi connectivity index (χ4v) is 2.98. The quantitative estimate of drug-likeness (QED) is 0.652. The highest BCUT2D eigenvalue weighted by Gasteiger charge is 2.09. The first-order chi connectivity index (χ1) is 10.0. The van der Waals surface area contributed by atoms with E-state index < -0.39 is 0 Å². The monoisotopic (exact) mass is 304 g/mol. The van der Waals surface area contributed by atoms with E-state index in [-0.39, 0.29) is 5.97 Å². The van der Waals surface area contributed by atoms with Crippen LogP contribution in [0.2, 0.25) is 0 Å². The molecular weight excluding hydrogens is 284 g/mol. The molecule has 0 unspecified atom stereocenters. The number of hydrogen-bond acceptors (Lipinski definition) is 5. The summed E-state index contributed by atoms with van der Waals surface area (Å²) in [5, 5.41) is 3.30. The highest BCUT2D eigenvalue weighted by atomic mass is 32.1. The van der Waals surface area contributed by atoms with E-state index in [1.165, 1.54) is 15.3 Å². The number of carbonyl (C=O) groups excluding carboxylic acids is 1. The van der Waals surface area contributed by atoms with Gasteiger partial charge in [-0.25, -0.2) is 4.79 Å². The molecule has 0 aliphatic rings. The SMILES string of the molecule is CCOC(=O)c1ccc(NCc2cc(C)c(C)s2)c(N)c1. The van der Waals surface area contributed by atoms with Crippen molar-refractivity contribution in [3.05, 3.63) is 45.1 Å². The third-order valence-corrected chi connectivity index (χ3v) is 4.39. The van der Waals surface area contributed by atoms with Crippen LogP contribution in [0.4, 0.5) is 11.4 Å². The Hall–Kier alpha value is -2.01. The summed E-state index contributed by atoms with van der Waals surface area (Å²) in [6.45, 7) is 7.09. The van der Waals surface area contributed by atoms with E-state index in [0.29, 0.717) is 17.9 Å². The predicted molar refractivity (Wildman–Crippen MR) is 87.9 cm³/mol. The molecule has 112 valence electrons. The minimum absolute atomic E-state index is 0.347. The van der Waals surface area contributed by atoms with Crippen molar-refractivity contribution in [2.45, 2.75) is 27.3 Å². The number of aryl methyl sites for hydroxylation is 2. The van der Waals surface area contributed by atoms with Crippen LogP contribution in [-0.2, 0) is 11.3 Å². The van der Waals surface area contributed by atoms with E-state index in [0.717, 1.165) is 12.2 Å². The van der Waals surface area contributed by atoms with Crippen LogP contribution in [0.15, 0.2) is 24.3 Å². The molecule has 5 heteroatoms. The molecule has 1 aromatic heterocycles. The Kier molecular flexibility index (Phi) is 4.85. The predicted octanol–water partition coefficient (Wildman–Crippen LogP) is 3.74. The first-order valence-electron chi connectivity index (χ1n) is 6.87. The number of nitrogens with two attached hydrogens (primary N) is 1. The fraction of sp³-hybridized carbons (Fsp3) is 0.312. The Bertz CT molecular complexity index is 630. The van der Waals surface area contributed by atoms with Gasteiger partial charge in [-0.3, -0.25) is 0 Å². The van der Waals surface area contributed by atoms with Gasteiger partial charge in [0.05, 0.1) is 23.5 Å². The Morgan fingerprint density at radius 3 is 2.67 bits per heavy atom. The van der Waals surface area contributed by atoms with Gasteiger partial charge in [-0.15, -0.1) is 11.3 Å². The second-order valence-electron chi connectivity index (χ2n) is 4.83. The fourth-order valence-electron chi connectivity index (χ4n) is 1.98. The zero-order valence-corrected chi connectivity index (χ0v) is 13.3. The van der Waals surface area contributed by atoms with Crippen molar-refractivity contribution in [1.29, 1.82) is 0 Å². The Morgan fingerprint density at radius 2 is 2.10 bits per heavy atom. The highest BCUT2D eigenvalue weighted by molar-refractivity contribution is 7.12. The van der Waals surface area contributed by atoms with Crippen molar-refractivity contribution in [3.63, 3.8) is 0 Å². The zero-order chi connectivity index (χ0) is 15.4. The van der Waals surface area contributed by atoms with E-state index in [1.54, 1.807) is 30.4 Å². The molecule has 0 amide bonds. The molecule has 0 radical (unpaired) electrons. The molecule has 21 heavy (non-hydrogen) atoms. The number of anilines is 2. The smallest absolute Gasteiger partial charge is 0.338 e. The maximum Gasteiger partial charge on any atom is 0.338 e. The summed E-state index contributed by atoms with van der Waals surface area (Å²) >= 11 is 1.78. The molecule has 0 saturated heterocycles. The molecule has 0 atom stereocenters. The van der Waals surface area contributed by atoms with Crippen molar-refractivity contribution in [2.24, 2.45) is 0 Å². The summed E-state index contributed by atoms with van der Waals surface area (Å²) in [5.41, 5.74) is 9.14.